The van der Waals surface area contributed by atoms with E-state index in [1.807, 2.05) is 0 Å². The van der Waals surface area contributed by atoms with Crippen LogP contribution < -0.4 is 0 Å². The number of rotatable bonds is 0. The smallest absolute Gasteiger partial charge is 0.138 e. The zero-order chi connectivity index (χ0) is 13.2. The molecule has 0 unspecified atom stereocenters. The fraction of sp³-hybridized carbons (Fsp3) is 0.938. The van der Waals surface area contributed by atoms with Gasteiger partial charge in [-0.2, -0.15) is 0 Å². The van der Waals surface area contributed by atoms with Gasteiger partial charge in [0.15, 0.2) is 0 Å². The van der Waals surface area contributed by atoms with E-state index in [-0.39, 0.29) is 23.5 Å². The zero-order valence-electron chi connectivity index (χ0n) is 11.8. The predicted molar refractivity (Wildman–Crippen MR) is 72.7 cm³/mol. The molecule has 6 atom stereocenters. The van der Waals surface area contributed by atoms with Gasteiger partial charge in [0, 0.05) is 17.9 Å². The first-order valence-electron chi connectivity index (χ1n) is 8.10. The summed E-state index contributed by atoms with van der Waals surface area (Å²) >= 11 is 0. The molecule has 3 nitrogen and oxygen atoms in total. The third-order valence-electron chi connectivity index (χ3n) is 6.71. The van der Waals surface area contributed by atoms with Gasteiger partial charge in [-0.15, -0.1) is 0 Å². The minimum Gasteiger partial charge on any atom is -0.393 e. The van der Waals surface area contributed by atoms with Gasteiger partial charge in [-0.25, -0.2) is 0 Å². The van der Waals surface area contributed by atoms with Gasteiger partial charge in [-0.1, -0.05) is 6.92 Å². The lowest BCUT2D eigenvalue weighted by Crippen LogP contribution is -2.73. The van der Waals surface area contributed by atoms with Crippen LogP contribution in [0.1, 0.15) is 45.4 Å². The SMILES string of the molecule is C[C@H]1C[C@@]23[C@@H]4CCCN2CCC[C@@H]3[C@@H](CC4=O)[C@@H]1O. The van der Waals surface area contributed by atoms with E-state index in [4.69, 9.17) is 0 Å². The van der Waals surface area contributed by atoms with Crippen LogP contribution in [0, 0.1) is 23.7 Å². The quantitative estimate of drug-likeness (QED) is 0.725. The summed E-state index contributed by atoms with van der Waals surface area (Å²) in [4.78, 5) is 15.2. The van der Waals surface area contributed by atoms with E-state index < -0.39 is 0 Å². The average Bonchev–Trinajstić information content (AvgIpc) is 2.40. The number of carbonyl (C=O) groups excluding carboxylic acids is 1. The topological polar surface area (TPSA) is 40.5 Å². The highest BCUT2D eigenvalue weighted by atomic mass is 16.3. The van der Waals surface area contributed by atoms with Crippen molar-refractivity contribution in [2.45, 2.75) is 57.1 Å². The number of hydrogen-bond acceptors (Lipinski definition) is 3. The Labute approximate surface area is 115 Å². The molecule has 4 aliphatic rings. The number of hydrogen-bond donors (Lipinski definition) is 1. The molecule has 2 saturated heterocycles. The summed E-state index contributed by atoms with van der Waals surface area (Å²) in [5.41, 5.74) is 0.134. The van der Waals surface area contributed by atoms with Gasteiger partial charge in [-0.3, -0.25) is 9.69 Å². The molecule has 0 aromatic rings. The number of ketones is 1. The van der Waals surface area contributed by atoms with Crippen LogP contribution in [0.5, 0.6) is 0 Å². The second-order valence-corrected chi connectivity index (χ2v) is 7.43. The van der Waals surface area contributed by atoms with Crippen molar-refractivity contribution < 1.29 is 9.90 Å². The standard InChI is InChI=1S/C16H25NO2/c1-10-9-16-12-4-2-6-17(16)7-3-5-13(16)14(18)8-11(12)15(10)19/h10-13,15,19H,2-9H2,1H3/t10-,11+,12+,13+,15+,16+/m0/s1. The van der Waals surface area contributed by atoms with Crippen LogP contribution in [-0.4, -0.2) is 40.5 Å². The fourth-order valence-electron chi connectivity index (χ4n) is 6.11. The summed E-state index contributed by atoms with van der Waals surface area (Å²) in [6, 6.07) is 0. The highest BCUT2D eigenvalue weighted by Gasteiger charge is 2.64. The number of Topliss-reactive ketones (excluding diaryl/α,β-unsaturated/α-hetero) is 1. The van der Waals surface area contributed by atoms with Gasteiger partial charge in [0.25, 0.3) is 0 Å². The summed E-state index contributed by atoms with van der Waals surface area (Å²) in [5.74, 6) is 1.91. The van der Waals surface area contributed by atoms with Crippen molar-refractivity contribution in [1.82, 2.24) is 4.90 Å². The fourth-order valence-corrected chi connectivity index (χ4v) is 6.11. The third kappa shape index (κ3) is 1.43. The van der Waals surface area contributed by atoms with Crippen molar-refractivity contribution in [2.75, 3.05) is 13.1 Å². The molecule has 106 valence electrons. The monoisotopic (exact) mass is 263 g/mol. The van der Waals surface area contributed by atoms with Crippen LogP contribution in [0.4, 0.5) is 0 Å². The van der Waals surface area contributed by atoms with E-state index in [1.165, 1.54) is 32.4 Å². The van der Waals surface area contributed by atoms with Crippen molar-refractivity contribution in [3.8, 4) is 0 Å². The molecule has 1 spiro atoms. The maximum atomic E-state index is 12.6. The average molecular weight is 263 g/mol. The lowest BCUT2D eigenvalue weighted by Gasteiger charge is -2.66. The summed E-state index contributed by atoms with van der Waals surface area (Å²) in [6.45, 7) is 4.54. The van der Waals surface area contributed by atoms with Crippen molar-refractivity contribution in [3.63, 3.8) is 0 Å². The van der Waals surface area contributed by atoms with Crippen LogP contribution in [0.3, 0.4) is 0 Å². The molecule has 2 heterocycles. The second-order valence-electron chi connectivity index (χ2n) is 7.43. The molecule has 3 heteroatoms. The molecule has 0 aromatic carbocycles. The zero-order valence-corrected chi connectivity index (χ0v) is 11.8. The number of aliphatic hydroxyl groups excluding tert-OH is 1. The number of carbonyl (C=O) groups is 1. The first kappa shape index (κ1) is 12.3. The van der Waals surface area contributed by atoms with Crippen molar-refractivity contribution in [2.24, 2.45) is 23.7 Å². The molecule has 1 N–H and O–H groups in total. The van der Waals surface area contributed by atoms with Crippen LogP contribution >= 0.6 is 0 Å². The van der Waals surface area contributed by atoms with E-state index in [9.17, 15) is 9.90 Å². The Balaban J connectivity index is 1.83. The molecule has 2 bridgehead atoms. The van der Waals surface area contributed by atoms with Gasteiger partial charge in [0.05, 0.1) is 6.10 Å². The predicted octanol–water partition coefficient (Wildman–Crippen LogP) is 1.84. The van der Waals surface area contributed by atoms with Crippen molar-refractivity contribution in [1.29, 1.82) is 0 Å². The third-order valence-corrected chi connectivity index (χ3v) is 6.71. The minimum atomic E-state index is -0.248. The molecule has 0 amide bonds. The van der Waals surface area contributed by atoms with Gasteiger partial charge < -0.3 is 5.11 Å². The Morgan fingerprint density at radius 1 is 1.26 bits per heavy atom. The van der Waals surface area contributed by atoms with Crippen molar-refractivity contribution >= 4 is 5.78 Å². The van der Waals surface area contributed by atoms with E-state index in [0.717, 1.165) is 12.8 Å². The van der Waals surface area contributed by atoms with Gasteiger partial charge in [0.1, 0.15) is 5.78 Å². The lowest BCUT2D eigenvalue weighted by atomic mass is 9.48. The first-order chi connectivity index (χ1) is 9.14. The van der Waals surface area contributed by atoms with Crippen LogP contribution in [0.25, 0.3) is 0 Å². The largest absolute Gasteiger partial charge is 0.393 e. The minimum absolute atomic E-state index is 0.134. The van der Waals surface area contributed by atoms with Crippen molar-refractivity contribution in [3.05, 3.63) is 0 Å². The van der Waals surface area contributed by atoms with Gasteiger partial charge in [0.2, 0.25) is 0 Å². The Kier molecular flexibility index (Phi) is 2.63. The maximum Gasteiger partial charge on any atom is 0.138 e. The normalized spacial score (nSPS) is 53.8. The summed E-state index contributed by atoms with van der Waals surface area (Å²) in [7, 11) is 0. The molecule has 0 radical (unpaired) electrons. The molecule has 0 aromatic heterocycles. The Morgan fingerprint density at radius 3 is 2.79 bits per heavy atom. The highest BCUT2D eigenvalue weighted by Crippen LogP contribution is 2.59. The molecule has 4 rings (SSSR count). The molecule has 2 aliphatic carbocycles. The summed E-state index contributed by atoms with van der Waals surface area (Å²) < 4.78 is 0. The summed E-state index contributed by atoms with van der Waals surface area (Å²) in [6.07, 6.45) is 6.22. The maximum absolute atomic E-state index is 12.6. The lowest BCUT2D eigenvalue weighted by molar-refractivity contribution is -0.194. The van der Waals surface area contributed by atoms with Gasteiger partial charge in [-0.05, 0) is 62.9 Å². The second kappa shape index (κ2) is 4.05. The molecule has 19 heavy (non-hydrogen) atoms. The first-order valence-corrected chi connectivity index (χ1v) is 8.10. The Hall–Kier alpha value is -0.410. The molecule has 4 fully saturated rings. The number of piperidine rings is 2. The molecular weight excluding hydrogens is 238 g/mol. The summed E-state index contributed by atoms with van der Waals surface area (Å²) in [5, 5.41) is 10.5. The number of aliphatic hydroxyl groups is 1. The van der Waals surface area contributed by atoms with E-state index >= 15 is 0 Å². The van der Waals surface area contributed by atoms with Crippen LogP contribution in [-0.2, 0) is 4.79 Å². The van der Waals surface area contributed by atoms with Gasteiger partial charge >= 0.3 is 0 Å². The van der Waals surface area contributed by atoms with E-state index in [1.54, 1.807) is 0 Å². The molecular formula is C16H25NO2. The van der Waals surface area contributed by atoms with Crippen LogP contribution in [0.15, 0.2) is 0 Å². The number of nitrogens with zero attached hydrogens (tertiary/aromatic N) is 1. The van der Waals surface area contributed by atoms with E-state index in [0.29, 0.717) is 24.0 Å². The highest BCUT2D eigenvalue weighted by molar-refractivity contribution is 5.84. The molecule has 2 saturated carbocycles. The Bertz CT molecular complexity index is 408. The van der Waals surface area contributed by atoms with E-state index in [2.05, 4.69) is 11.8 Å². The Morgan fingerprint density at radius 2 is 2.00 bits per heavy atom. The molecule has 2 aliphatic heterocycles. The van der Waals surface area contributed by atoms with Crippen LogP contribution in [0.2, 0.25) is 0 Å².